The molecule has 2 N–H and O–H groups in total. The van der Waals surface area contributed by atoms with Crippen molar-refractivity contribution in [1.82, 2.24) is 19.1 Å². The van der Waals surface area contributed by atoms with Gasteiger partial charge in [-0.2, -0.15) is 0 Å². The molecule has 7 nitrogen and oxygen atoms in total. The monoisotopic (exact) mass is 403 g/mol. The SMILES string of the molecule is O=c1[nH]c(NCC2CCCO2)c(-c2cc(F)cc(F)c2)n1CCCn1ccnc1. The molecule has 29 heavy (non-hydrogen) atoms. The number of nitrogens with zero attached hydrogens (tertiary/aromatic N) is 3. The lowest BCUT2D eigenvalue weighted by Gasteiger charge is -2.14. The van der Waals surface area contributed by atoms with E-state index in [0.29, 0.717) is 43.1 Å². The number of nitrogens with one attached hydrogen (secondary N) is 2. The summed E-state index contributed by atoms with van der Waals surface area (Å²) >= 11 is 0. The number of anilines is 1. The molecule has 0 spiro atoms. The Bertz CT molecular complexity index is 986. The molecular formula is C20H23F2N5O2. The summed E-state index contributed by atoms with van der Waals surface area (Å²) in [6, 6.07) is 3.28. The third-order valence-corrected chi connectivity index (χ3v) is 5.01. The lowest BCUT2D eigenvalue weighted by Crippen LogP contribution is -2.19. The highest BCUT2D eigenvalue weighted by Gasteiger charge is 2.20. The van der Waals surface area contributed by atoms with Crippen molar-refractivity contribution in [2.45, 2.75) is 38.5 Å². The van der Waals surface area contributed by atoms with Crippen LogP contribution in [0.15, 0.2) is 41.7 Å². The molecule has 1 aliphatic heterocycles. The first-order valence-electron chi connectivity index (χ1n) is 9.70. The van der Waals surface area contributed by atoms with Crippen molar-refractivity contribution in [2.24, 2.45) is 0 Å². The number of hydrogen-bond acceptors (Lipinski definition) is 4. The molecule has 1 aromatic carbocycles. The van der Waals surface area contributed by atoms with Gasteiger partial charge in [-0.25, -0.2) is 18.6 Å². The summed E-state index contributed by atoms with van der Waals surface area (Å²) in [6.45, 7) is 2.30. The lowest BCUT2D eigenvalue weighted by molar-refractivity contribution is 0.120. The number of rotatable bonds is 8. The van der Waals surface area contributed by atoms with Gasteiger partial charge in [0.25, 0.3) is 0 Å². The zero-order valence-electron chi connectivity index (χ0n) is 15.9. The van der Waals surface area contributed by atoms with Crippen molar-refractivity contribution in [3.05, 3.63) is 59.0 Å². The average Bonchev–Trinajstić information content (AvgIpc) is 3.42. The zero-order valence-corrected chi connectivity index (χ0v) is 15.9. The minimum absolute atomic E-state index is 0.0557. The van der Waals surface area contributed by atoms with E-state index in [4.69, 9.17) is 4.74 Å². The van der Waals surface area contributed by atoms with Crippen LogP contribution in [-0.4, -0.2) is 38.4 Å². The normalized spacial score (nSPS) is 16.4. The molecule has 1 unspecified atom stereocenters. The topological polar surface area (TPSA) is 76.9 Å². The van der Waals surface area contributed by atoms with Crippen LogP contribution in [0.3, 0.4) is 0 Å². The summed E-state index contributed by atoms with van der Waals surface area (Å²) in [4.78, 5) is 19.4. The fourth-order valence-electron chi connectivity index (χ4n) is 3.65. The second kappa shape index (κ2) is 8.60. The maximum absolute atomic E-state index is 13.9. The first kappa shape index (κ1) is 19.4. The lowest BCUT2D eigenvalue weighted by atomic mass is 10.1. The van der Waals surface area contributed by atoms with Crippen LogP contribution in [0.2, 0.25) is 0 Å². The number of halogens is 2. The van der Waals surface area contributed by atoms with Gasteiger partial charge in [0, 0.05) is 50.3 Å². The molecule has 0 bridgehead atoms. The summed E-state index contributed by atoms with van der Waals surface area (Å²) in [7, 11) is 0. The summed E-state index contributed by atoms with van der Waals surface area (Å²) in [5, 5.41) is 3.20. The van der Waals surface area contributed by atoms with E-state index in [1.54, 1.807) is 12.5 Å². The van der Waals surface area contributed by atoms with E-state index in [2.05, 4.69) is 15.3 Å². The van der Waals surface area contributed by atoms with E-state index < -0.39 is 11.6 Å². The Balaban J connectivity index is 1.62. The van der Waals surface area contributed by atoms with Crippen LogP contribution in [-0.2, 0) is 17.8 Å². The number of hydrogen-bond donors (Lipinski definition) is 2. The van der Waals surface area contributed by atoms with Crippen molar-refractivity contribution in [3.63, 3.8) is 0 Å². The molecule has 154 valence electrons. The summed E-state index contributed by atoms with van der Waals surface area (Å²) in [6.07, 6.45) is 7.89. The van der Waals surface area contributed by atoms with E-state index in [0.717, 1.165) is 25.5 Å². The van der Waals surface area contributed by atoms with Crippen LogP contribution in [0.4, 0.5) is 14.6 Å². The Morgan fingerprint density at radius 3 is 2.76 bits per heavy atom. The van der Waals surface area contributed by atoms with E-state index in [1.807, 2.05) is 10.8 Å². The quantitative estimate of drug-likeness (QED) is 0.606. The molecule has 3 aromatic rings. The van der Waals surface area contributed by atoms with Crippen molar-refractivity contribution in [3.8, 4) is 11.3 Å². The third kappa shape index (κ3) is 4.56. The molecule has 0 amide bonds. The number of aryl methyl sites for hydroxylation is 1. The van der Waals surface area contributed by atoms with Gasteiger partial charge in [-0.15, -0.1) is 0 Å². The van der Waals surface area contributed by atoms with Crippen LogP contribution >= 0.6 is 0 Å². The van der Waals surface area contributed by atoms with Gasteiger partial charge in [0.1, 0.15) is 17.5 Å². The highest BCUT2D eigenvalue weighted by atomic mass is 19.1. The first-order valence-corrected chi connectivity index (χ1v) is 9.70. The first-order chi connectivity index (χ1) is 14.1. The Labute approximate surface area is 166 Å². The third-order valence-electron chi connectivity index (χ3n) is 5.01. The highest BCUT2D eigenvalue weighted by molar-refractivity contribution is 5.72. The van der Waals surface area contributed by atoms with E-state index >= 15 is 0 Å². The molecule has 1 atom stereocenters. The molecule has 1 aliphatic rings. The van der Waals surface area contributed by atoms with Crippen LogP contribution in [0.25, 0.3) is 11.3 Å². The molecule has 3 heterocycles. The highest BCUT2D eigenvalue weighted by Crippen LogP contribution is 2.28. The Morgan fingerprint density at radius 2 is 2.07 bits per heavy atom. The van der Waals surface area contributed by atoms with Gasteiger partial charge in [0.2, 0.25) is 0 Å². The molecule has 1 fully saturated rings. The van der Waals surface area contributed by atoms with Crippen LogP contribution in [0.1, 0.15) is 19.3 Å². The largest absolute Gasteiger partial charge is 0.376 e. The number of aromatic amines is 1. The molecular weight excluding hydrogens is 380 g/mol. The van der Waals surface area contributed by atoms with Crippen LogP contribution < -0.4 is 11.0 Å². The van der Waals surface area contributed by atoms with Gasteiger partial charge < -0.3 is 14.6 Å². The Morgan fingerprint density at radius 1 is 1.24 bits per heavy atom. The number of aromatic nitrogens is 4. The van der Waals surface area contributed by atoms with E-state index in [-0.39, 0.29) is 11.8 Å². The maximum Gasteiger partial charge on any atom is 0.327 e. The molecule has 4 rings (SSSR count). The Hall–Kier alpha value is -2.94. The minimum atomic E-state index is -0.691. The molecule has 1 saturated heterocycles. The summed E-state index contributed by atoms with van der Waals surface area (Å²) < 4.78 is 36.8. The molecule has 9 heteroatoms. The number of ether oxygens (including phenoxy) is 1. The number of imidazole rings is 2. The average molecular weight is 403 g/mol. The van der Waals surface area contributed by atoms with Crippen molar-refractivity contribution in [1.29, 1.82) is 0 Å². The summed E-state index contributed by atoms with van der Waals surface area (Å²) in [5.74, 6) is -0.939. The number of H-pyrrole nitrogens is 1. The van der Waals surface area contributed by atoms with Gasteiger partial charge in [0.15, 0.2) is 0 Å². The second-order valence-corrected chi connectivity index (χ2v) is 7.13. The standard InChI is InChI=1S/C20H23F2N5O2/c21-15-9-14(10-16(22)11-15)18-19(24-12-17-3-1-8-29-17)25-20(28)27(18)6-2-5-26-7-4-23-13-26/h4,7,9-11,13,17,24H,1-3,5-6,8,12H2,(H,25,28). The van der Waals surface area contributed by atoms with Crippen molar-refractivity contribution in [2.75, 3.05) is 18.5 Å². The van der Waals surface area contributed by atoms with E-state index in [1.165, 1.54) is 16.7 Å². The van der Waals surface area contributed by atoms with Gasteiger partial charge in [-0.1, -0.05) is 0 Å². The fraction of sp³-hybridized carbons (Fsp3) is 0.400. The fourth-order valence-corrected chi connectivity index (χ4v) is 3.65. The van der Waals surface area contributed by atoms with Gasteiger partial charge in [-0.3, -0.25) is 9.55 Å². The minimum Gasteiger partial charge on any atom is -0.376 e. The van der Waals surface area contributed by atoms with Crippen LogP contribution in [0.5, 0.6) is 0 Å². The molecule has 2 aromatic heterocycles. The van der Waals surface area contributed by atoms with Crippen molar-refractivity contribution < 1.29 is 13.5 Å². The van der Waals surface area contributed by atoms with Crippen molar-refractivity contribution >= 4 is 5.82 Å². The number of benzene rings is 1. The predicted molar refractivity (Wildman–Crippen MR) is 105 cm³/mol. The van der Waals surface area contributed by atoms with Crippen LogP contribution in [0, 0.1) is 11.6 Å². The zero-order chi connectivity index (χ0) is 20.2. The van der Waals surface area contributed by atoms with Gasteiger partial charge in [-0.05, 0) is 31.4 Å². The van der Waals surface area contributed by atoms with Gasteiger partial charge in [0.05, 0.1) is 18.1 Å². The predicted octanol–water partition coefficient (Wildman–Crippen LogP) is 3.00. The smallest absolute Gasteiger partial charge is 0.327 e. The second-order valence-electron chi connectivity index (χ2n) is 7.13. The molecule has 0 saturated carbocycles. The Kier molecular flexibility index (Phi) is 5.75. The van der Waals surface area contributed by atoms with Gasteiger partial charge >= 0.3 is 5.69 Å². The summed E-state index contributed by atoms with van der Waals surface area (Å²) in [5.41, 5.74) is 0.417. The molecule has 0 radical (unpaired) electrons. The van der Waals surface area contributed by atoms with E-state index in [9.17, 15) is 13.6 Å². The molecule has 0 aliphatic carbocycles. The maximum atomic E-state index is 13.9.